The molecule has 1 rings (SSSR count). The number of hydrogen-bond acceptors (Lipinski definition) is 4. The molecule has 0 bridgehead atoms. The van der Waals surface area contributed by atoms with Gasteiger partial charge >= 0.3 is 15.6 Å². The molecule has 4 nitrogen and oxygen atoms in total. The van der Waals surface area contributed by atoms with Gasteiger partial charge in [-0.3, -0.25) is 0 Å². The van der Waals surface area contributed by atoms with Gasteiger partial charge in [-0.15, -0.1) is 0 Å². The van der Waals surface area contributed by atoms with Gasteiger partial charge in [-0.1, -0.05) is 13.3 Å². The molecule has 0 radical (unpaired) electrons. The molecular formula is C12H15F3O4S. The summed E-state index contributed by atoms with van der Waals surface area (Å²) in [6.07, 6.45) is 0.994. The fourth-order valence-corrected chi connectivity index (χ4v) is 2.12. The second kappa shape index (κ2) is 5.90. The van der Waals surface area contributed by atoms with E-state index < -0.39 is 15.6 Å². The molecule has 0 spiro atoms. The van der Waals surface area contributed by atoms with E-state index in [0.29, 0.717) is 29.7 Å². The molecule has 20 heavy (non-hydrogen) atoms. The van der Waals surface area contributed by atoms with Gasteiger partial charge in [-0.2, -0.15) is 21.6 Å². The molecule has 0 aliphatic heterocycles. The predicted octanol–water partition coefficient (Wildman–Crippen LogP) is 3.18. The average molecular weight is 312 g/mol. The molecule has 8 heteroatoms. The molecule has 1 aromatic carbocycles. The van der Waals surface area contributed by atoms with Crippen molar-refractivity contribution in [2.45, 2.75) is 32.2 Å². The number of alkyl halides is 3. The van der Waals surface area contributed by atoms with Crippen molar-refractivity contribution in [3.63, 3.8) is 0 Å². The molecule has 0 aliphatic carbocycles. The first kappa shape index (κ1) is 16.6. The van der Waals surface area contributed by atoms with E-state index in [1.54, 1.807) is 6.92 Å². The van der Waals surface area contributed by atoms with Crippen LogP contribution in [0.15, 0.2) is 12.1 Å². The summed E-state index contributed by atoms with van der Waals surface area (Å²) in [7, 11) is -4.25. The topological polar surface area (TPSA) is 52.6 Å². The van der Waals surface area contributed by atoms with Gasteiger partial charge in [0.15, 0.2) is 0 Å². The quantitative estimate of drug-likeness (QED) is 0.619. The Labute approximate surface area is 115 Å². The zero-order valence-corrected chi connectivity index (χ0v) is 12.1. The first-order valence-corrected chi connectivity index (χ1v) is 7.21. The van der Waals surface area contributed by atoms with Crippen LogP contribution in [0.25, 0.3) is 0 Å². The zero-order chi connectivity index (χ0) is 15.6. The minimum atomic E-state index is -5.67. The van der Waals surface area contributed by atoms with Crippen LogP contribution in [0.1, 0.15) is 24.5 Å². The average Bonchev–Trinajstić information content (AvgIpc) is 2.30. The van der Waals surface area contributed by atoms with Gasteiger partial charge in [-0.05, 0) is 36.6 Å². The Kier molecular flexibility index (Phi) is 4.90. The Morgan fingerprint density at radius 3 is 2.25 bits per heavy atom. The highest BCUT2D eigenvalue weighted by Gasteiger charge is 2.48. The first-order chi connectivity index (χ1) is 9.12. The Balaban J connectivity index is 3.27. The lowest BCUT2D eigenvalue weighted by molar-refractivity contribution is -0.0500. The number of aryl methyl sites for hydroxylation is 2. The highest BCUT2D eigenvalue weighted by molar-refractivity contribution is 7.88. The predicted molar refractivity (Wildman–Crippen MR) is 67.3 cm³/mol. The Morgan fingerprint density at radius 1 is 1.20 bits per heavy atom. The molecule has 0 unspecified atom stereocenters. The minimum Gasteiger partial charge on any atom is -0.496 e. The van der Waals surface area contributed by atoms with Gasteiger partial charge in [-0.25, -0.2) is 0 Å². The second-order valence-corrected chi connectivity index (χ2v) is 5.70. The molecule has 114 valence electrons. The van der Waals surface area contributed by atoms with Crippen molar-refractivity contribution < 1.29 is 30.5 Å². The molecule has 0 atom stereocenters. The van der Waals surface area contributed by atoms with E-state index >= 15 is 0 Å². The Bertz CT molecular complexity index is 579. The van der Waals surface area contributed by atoms with Gasteiger partial charge < -0.3 is 8.92 Å². The molecule has 0 saturated heterocycles. The van der Waals surface area contributed by atoms with Gasteiger partial charge in [0.25, 0.3) is 0 Å². The van der Waals surface area contributed by atoms with Gasteiger partial charge in [0.2, 0.25) is 0 Å². The van der Waals surface area contributed by atoms with Crippen molar-refractivity contribution in [3.05, 3.63) is 23.3 Å². The van der Waals surface area contributed by atoms with Gasteiger partial charge in [0, 0.05) is 0 Å². The van der Waals surface area contributed by atoms with Crippen molar-refractivity contribution in [1.29, 1.82) is 0 Å². The number of ether oxygens (including phenoxy) is 1. The summed E-state index contributed by atoms with van der Waals surface area (Å²) in [4.78, 5) is 0. The molecule has 0 heterocycles. The van der Waals surface area contributed by atoms with E-state index in [1.807, 2.05) is 6.92 Å². The summed E-state index contributed by atoms with van der Waals surface area (Å²) in [6.45, 7) is 3.40. The van der Waals surface area contributed by atoms with Crippen molar-refractivity contribution in [1.82, 2.24) is 0 Å². The standard InChI is InChI=1S/C12H15F3O4S/c1-4-5-9-7-10(18-3)8(2)6-11(9)19-20(16,17)12(13,14)15/h6-7H,4-5H2,1-3H3. The van der Waals surface area contributed by atoms with Crippen LogP contribution in [0, 0.1) is 6.92 Å². The van der Waals surface area contributed by atoms with E-state index in [9.17, 15) is 21.6 Å². The van der Waals surface area contributed by atoms with E-state index in [-0.39, 0.29) is 5.75 Å². The summed E-state index contributed by atoms with van der Waals surface area (Å²) in [5, 5.41) is 0. The highest BCUT2D eigenvalue weighted by Crippen LogP contribution is 2.33. The van der Waals surface area contributed by atoms with Crippen LogP contribution >= 0.6 is 0 Å². The second-order valence-electron chi connectivity index (χ2n) is 4.16. The third-order valence-electron chi connectivity index (χ3n) is 2.58. The van der Waals surface area contributed by atoms with Crippen LogP contribution in [-0.4, -0.2) is 21.0 Å². The van der Waals surface area contributed by atoms with E-state index in [2.05, 4.69) is 4.18 Å². The maximum absolute atomic E-state index is 12.3. The molecule has 0 N–H and O–H groups in total. The monoisotopic (exact) mass is 312 g/mol. The van der Waals surface area contributed by atoms with E-state index in [0.717, 1.165) is 0 Å². The summed E-state index contributed by atoms with van der Waals surface area (Å²) >= 11 is 0. The summed E-state index contributed by atoms with van der Waals surface area (Å²) in [6, 6.07) is 2.72. The third-order valence-corrected chi connectivity index (χ3v) is 3.55. The van der Waals surface area contributed by atoms with Gasteiger partial charge in [0.1, 0.15) is 11.5 Å². The summed E-state index contributed by atoms with van der Waals surface area (Å²) in [5.41, 5.74) is -4.62. The molecular weight excluding hydrogens is 297 g/mol. The van der Waals surface area contributed by atoms with Crippen molar-refractivity contribution in [2.24, 2.45) is 0 Å². The largest absolute Gasteiger partial charge is 0.534 e. The van der Waals surface area contributed by atoms with Crippen molar-refractivity contribution in [3.8, 4) is 11.5 Å². The van der Waals surface area contributed by atoms with Crippen LogP contribution in [0.2, 0.25) is 0 Å². The normalized spacial score (nSPS) is 12.3. The molecule has 0 fully saturated rings. The zero-order valence-electron chi connectivity index (χ0n) is 11.2. The number of halogens is 3. The lowest BCUT2D eigenvalue weighted by atomic mass is 10.1. The highest BCUT2D eigenvalue weighted by atomic mass is 32.2. The number of hydrogen-bond donors (Lipinski definition) is 0. The van der Waals surface area contributed by atoms with Crippen LogP contribution in [-0.2, 0) is 16.5 Å². The third kappa shape index (κ3) is 3.56. The minimum absolute atomic E-state index is 0.317. The Hall–Kier alpha value is -1.44. The lowest BCUT2D eigenvalue weighted by Crippen LogP contribution is -2.28. The lowest BCUT2D eigenvalue weighted by Gasteiger charge is -2.15. The smallest absolute Gasteiger partial charge is 0.496 e. The summed E-state index contributed by atoms with van der Waals surface area (Å²) < 4.78 is 68.4. The van der Waals surface area contributed by atoms with E-state index in [1.165, 1.54) is 19.2 Å². The van der Waals surface area contributed by atoms with Crippen LogP contribution in [0.4, 0.5) is 13.2 Å². The fraction of sp³-hybridized carbons (Fsp3) is 0.500. The van der Waals surface area contributed by atoms with Crippen LogP contribution in [0.5, 0.6) is 11.5 Å². The van der Waals surface area contributed by atoms with Gasteiger partial charge in [0.05, 0.1) is 7.11 Å². The van der Waals surface area contributed by atoms with Crippen LogP contribution < -0.4 is 8.92 Å². The maximum Gasteiger partial charge on any atom is 0.534 e. The van der Waals surface area contributed by atoms with Crippen molar-refractivity contribution >= 4 is 10.1 Å². The molecule has 0 saturated carbocycles. The number of rotatable bonds is 5. The van der Waals surface area contributed by atoms with E-state index in [4.69, 9.17) is 4.74 Å². The molecule has 1 aromatic rings. The molecule has 0 amide bonds. The fourth-order valence-electron chi connectivity index (χ4n) is 1.63. The van der Waals surface area contributed by atoms with Crippen molar-refractivity contribution in [2.75, 3.05) is 7.11 Å². The van der Waals surface area contributed by atoms with Crippen LogP contribution in [0.3, 0.4) is 0 Å². The molecule has 0 aliphatic rings. The first-order valence-electron chi connectivity index (χ1n) is 5.80. The SMILES string of the molecule is CCCc1cc(OC)c(C)cc1OS(=O)(=O)C(F)(F)F. The maximum atomic E-state index is 12.3. The number of benzene rings is 1. The summed E-state index contributed by atoms with van der Waals surface area (Å²) in [5.74, 6) is 0.146. The Morgan fingerprint density at radius 2 is 1.80 bits per heavy atom. The number of methoxy groups -OCH3 is 1. The molecule has 0 aromatic heterocycles.